The summed E-state index contributed by atoms with van der Waals surface area (Å²) in [6.07, 6.45) is 0. The molecule has 0 radical (unpaired) electrons. The van der Waals surface area contributed by atoms with Gasteiger partial charge in [-0.15, -0.1) is 0 Å². The summed E-state index contributed by atoms with van der Waals surface area (Å²) in [6.45, 7) is 7.36. The minimum Gasteiger partial charge on any atom is -0.345 e. The van der Waals surface area contributed by atoms with Crippen molar-refractivity contribution < 1.29 is 0 Å². The molecule has 7 nitrogen and oxygen atoms in total. The van der Waals surface area contributed by atoms with Crippen LogP contribution >= 0.6 is 11.6 Å². The van der Waals surface area contributed by atoms with Crippen LogP contribution in [0.15, 0.2) is 63.1 Å². The van der Waals surface area contributed by atoms with Crippen LogP contribution in [0, 0.1) is 6.92 Å². The van der Waals surface area contributed by atoms with Crippen LogP contribution in [0.1, 0.15) is 25.1 Å². The zero-order valence-corrected chi connectivity index (χ0v) is 18.5. The van der Waals surface area contributed by atoms with Gasteiger partial charge in [-0.05, 0) is 62.7 Å². The largest absolute Gasteiger partial charge is 0.345 e. The summed E-state index contributed by atoms with van der Waals surface area (Å²) in [6, 6.07) is 15.2. The molecule has 0 aliphatic carbocycles. The molecule has 2 aromatic heterocycles. The van der Waals surface area contributed by atoms with Crippen LogP contribution in [0.3, 0.4) is 0 Å². The van der Waals surface area contributed by atoms with Gasteiger partial charge in [-0.3, -0.25) is 9.55 Å². The van der Waals surface area contributed by atoms with Gasteiger partial charge in [0.05, 0.1) is 12.2 Å². The standard InChI is InChI=1S/C23H24ClN5O2/c1-4-27-15(3)12-17-13-19(10-11-20(17)27)25-21-26-22(30)28(5-2)23(31)29(21)14-16-6-8-18(24)9-7-16/h6-13H,4-5,14H2,1-3H3,(H,25,26,30). The molecule has 160 valence electrons. The molecule has 4 rings (SSSR count). The van der Waals surface area contributed by atoms with Crippen molar-refractivity contribution in [2.75, 3.05) is 0 Å². The van der Waals surface area contributed by atoms with E-state index in [1.54, 1.807) is 19.1 Å². The Morgan fingerprint density at radius 1 is 0.935 bits per heavy atom. The molecule has 0 atom stereocenters. The molecular weight excluding hydrogens is 414 g/mol. The lowest BCUT2D eigenvalue weighted by atomic mass is 10.2. The zero-order chi connectivity index (χ0) is 22.1. The van der Waals surface area contributed by atoms with E-state index in [9.17, 15) is 9.59 Å². The molecule has 8 heteroatoms. The third kappa shape index (κ3) is 4.01. The smallest absolute Gasteiger partial charge is 0.335 e. The molecule has 0 amide bonds. The average molecular weight is 438 g/mol. The fourth-order valence-corrected chi connectivity index (χ4v) is 3.97. The Hall–Kier alpha value is -3.32. The number of aryl methyl sites for hydroxylation is 2. The molecule has 2 aromatic carbocycles. The van der Waals surface area contributed by atoms with Crippen LogP contribution < -0.4 is 17.0 Å². The van der Waals surface area contributed by atoms with Crippen molar-refractivity contribution in [3.05, 3.63) is 91.4 Å². The third-order valence-electron chi connectivity index (χ3n) is 5.39. The maximum absolute atomic E-state index is 13.0. The van der Waals surface area contributed by atoms with Crippen LogP contribution in [0.4, 0.5) is 5.69 Å². The van der Waals surface area contributed by atoms with Crippen LogP contribution in [0.2, 0.25) is 5.02 Å². The first kappa shape index (κ1) is 20.9. The van der Waals surface area contributed by atoms with Crippen LogP contribution in [-0.4, -0.2) is 18.7 Å². The minimum absolute atomic E-state index is 0.209. The monoisotopic (exact) mass is 437 g/mol. The Balaban J connectivity index is 1.89. The maximum atomic E-state index is 13.0. The van der Waals surface area contributed by atoms with Gasteiger partial charge < -0.3 is 4.57 Å². The minimum atomic E-state index is -0.479. The van der Waals surface area contributed by atoms with Crippen molar-refractivity contribution in [3.63, 3.8) is 0 Å². The number of rotatable bonds is 5. The summed E-state index contributed by atoms with van der Waals surface area (Å²) in [5.41, 5.74) is 3.16. The molecule has 0 aliphatic rings. The van der Waals surface area contributed by atoms with Crippen molar-refractivity contribution in [1.29, 1.82) is 0 Å². The predicted octanol–water partition coefficient (Wildman–Crippen LogP) is 3.58. The number of halogens is 1. The number of nitrogens with zero attached hydrogens (tertiary/aromatic N) is 4. The van der Waals surface area contributed by atoms with Gasteiger partial charge in [-0.2, -0.15) is 0 Å². The van der Waals surface area contributed by atoms with E-state index in [4.69, 9.17) is 11.6 Å². The summed E-state index contributed by atoms with van der Waals surface area (Å²) in [5, 5.41) is 1.68. The number of hydrogen-bond donors (Lipinski definition) is 1. The van der Waals surface area contributed by atoms with E-state index in [1.165, 1.54) is 10.3 Å². The van der Waals surface area contributed by atoms with Gasteiger partial charge in [0.25, 0.3) is 0 Å². The van der Waals surface area contributed by atoms with Gasteiger partial charge in [-0.1, -0.05) is 23.7 Å². The molecule has 0 saturated heterocycles. The van der Waals surface area contributed by atoms with E-state index in [-0.39, 0.29) is 18.7 Å². The Morgan fingerprint density at radius 3 is 2.32 bits per heavy atom. The second kappa shape index (κ2) is 8.43. The zero-order valence-electron chi connectivity index (χ0n) is 17.7. The van der Waals surface area contributed by atoms with Gasteiger partial charge in [0.2, 0.25) is 5.62 Å². The van der Waals surface area contributed by atoms with Gasteiger partial charge in [-0.25, -0.2) is 19.1 Å². The number of hydrogen-bond acceptors (Lipinski definition) is 3. The quantitative estimate of drug-likeness (QED) is 0.518. The lowest BCUT2D eigenvalue weighted by Crippen LogP contribution is -2.49. The highest BCUT2D eigenvalue weighted by Crippen LogP contribution is 2.24. The van der Waals surface area contributed by atoms with Gasteiger partial charge in [0.1, 0.15) is 0 Å². The molecule has 0 aliphatic heterocycles. The second-order valence-corrected chi connectivity index (χ2v) is 7.81. The van der Waals surface area contributed by atoms with E-state index in [2.05, 4.69) is 34.5 Å². The normalized spacial score (nSPS) is 12.1. The third-order valence-corrected chi connectivity index (χ3v) is 5.65. The predicted molar refractivity (Wildman–Crippen MR) is 123 cm³/mol. The van der Waals surface area contributed by atoms with E-state index >= 15 is 0 Å². The topological polar surface area (TPSA) is 77.1 Å². The molecule has 4 aromatic rings. The molecule has 0 spiro atoms. The van der Waals surface area contributed by atoms with E-state index in [0.717, 1.165) is 27.6 Å². The Morgan fingerprint density at radius 2 is 1.65 bits per heavy atom. The van der Waals surface area contributed by atoms with E-state index in [1.807, 2.05) is 30.3 Å². The lowest BCUT2D eigenvalue weighted by Gasteiger charge is -2.10. The highest BCUT2D eigenvalue weighted by atomic mass is 35.5. The first-order valence-corrected chi connectivity index (χ1v) is 10.6. The van der Waals surface area contributed by atoms with Crippen molar-refractivity contribution in [3.8, 4) is 0 Å². The molecule has 1 N–H and O–H groups in total. The Kier molecular flexibility index (Phi) is 5.69. The molecule has 31 heavy (non-hydrogen) atoms. The van der Waals surface area contributed by atoms with Crippen LogP contribution in [0.5, 0.6) is 0 Å². The Labute approximate surface area is 183 Å². The summed E-state index contributed by atoms with van der Waals surface area (Å²) in [4.78, 5) is 32.9. The van der Waals surface area contributed by atoms with E-state index in [0.29, 0.717) is 10.7 Å². The number of aromatic amines is 1. The molecule has 0 bridgehead atoms. The summed E-state index contributed by atoms with van der Waals surface area (Å²) in [5.74, 6) is 0. The molecule has 0 saturated carbocycles. The Bertz CT molecular complexity index is 1440. The van der Waals surface area contributed by atoms with Gasteiger partial charge in [0.15, 0.2) is 0 Å². The van der Waals surface area contributed by atoms with Crippen LogP contribution in [0.25, 0.3) is 10.9 Å². The first-order chi connectivity index (χ1) is 14.9. The number of nitrogens with one attached hydrogen (secondary N) is 1. The first-order valence-electron chi connectivity index (χ1n) is 10.2. The van der Waals surface area contributed by atoms with Crippen molar-refractivity contribution in [2.45, 2.75) is 40.4 Å². The lowest BCUT2D eigenvalue weighted by molar-refractivity contribution is 0.541. The second-order valence-electron chi connectivity index (χ2n) is 7.38. The van der Waals surface area contributed by atoms with Crippen molar-refractivity contribution in [2.24, 2.45) is 4.99 Å². The fraction of sp³-hybridized carbons (Fsp3) is 0.261. The SMILES string of the molecule is CCn1c(=O)[nH]/c(=N\c2ccc3c(c2)cc(C)n3CC)n(Cc2ccc(Cl)cc2)c1=O. The van der Waals surface area contributed by atoms with E-state index < -0.39 is 11.4 Å². The summed E-state index contributed by atoms with van der Waals surface area (Å²) in [7, 11) is 0. The summed E-state index contributed by atoms with van der Waals surface area (Å²) >= 11 is 5.98. The fourth-order valence-electron chi connectivity index (χ4n) is 3.84. The molecule has 0 fully saturated rings. The number of H-pyrrole nitrogens is 1. The van der Waals surface area contributed by atoms with Crippen molar-refractivity contribution >= 4 is 28.2 Å². The van der Waals surface area contributed by atoms with Crippen molar-refractivity contribution in [1.82, 2.24) is 18.7 Å². The molecule has 2 heterocycles. The van der Waals surface area contributed by atoms with Gasteiger partial charge in [0, 0.05) is 34.7 Å². The highest BCUT2D eigenvalue weighted by molar-refractivity contribution is 6.30. The van der Waals surface area contributed by atoms with Crippen LogP contribution in [-0.2, 0) is 19.6 Å². The number of fused-ring (bicyclic) bond motifs is 1. The maximum Gasteiger partial charge on any atom is 0.335 e. The number of aromatic nitrogens is 4. The average Bonchev–Trinajstić information content (AvgIpc) is 3.06. The highest BCUT2D eigenvalue weighted by Gasteiger charge is 2.10. The molecule has 0 unspecified atom stereocenters. The number of benzene rings is 2. The summed E-state index contributed by atoms with van der Waals surface area (Å²) < 4.78 is 4.85. The molecular formula is C23H24ClN5O2. The van der Waals surface area contributed by atoms with Gasteiger partial charge >= 0.3 is 11.4 Å².